The second kappa shape index (κ2) is 6.27. The van der Waals surface area contributed by atoms with Crippen LogP contribution in [0, 0.1) is 12.3 Å². The first-order chi connectivity index (χ1) is 9.84. The maximum Gasteiger partial charge on any atom is 0.0101 e. The fourth-order valence-electron chi connectivity index (χ4n) is 2.48. The Labute approximate surface area is 134 Å². The third-order valence-electron chi connectivity index (χ3n) is 4.68. The molecule has 0 aliphatic carbocycles. The highest BCUT2D eigenvalue weighted by atomic mass is 32.2. The molecule has 0 aliphatic heterocycles. The van der Waals surface area contributed by atoms with Gasteiger partial charge < -0.3 is 0 Å². The Morgan fingerprint density at radius 3 is 1.95 bits per heavy atom. The van der Waals surface area contributed by atoms with Crippen LogP contribution < -0.4 is 0 Å². The van der Waals surface area contributed by atoms with Crippen molar-refractivity contribution in [2.75, 3.05) is 5.75 Å². The molecule has 112 valence electrons. The smallest absolute Gasteiger partial charge is 0.0101 e. The molecule has 0 spiro atoms. The summed E-state index contributed by atoms with van der Waals surface area (Å²) in [6.07, 6.45) is 0. The van der Waals surface area contributed by atoms with Crippen molar-refractivity contribution in [3.05, 3.63) is 65.7 Å². The van der Waals surface area contributed by atoms with E-state index < -0.39 is 0 Å². The van der Waals surface area contributed by atoms with Crippen LogP contribution in [-0.2, 0) is 5.41 Å². The highest BCUT2D eigenvalue weighted by molar-refractivity contribution is 7.99. The molecule has 2 aromatic carbocycles. The Morgan fingerprint density at radius 1 is 0.810 bits per heavy atom. The standard InChI is InChI=1S/C20H26S/c1-16-11-9-10-14-18(16)21-15-20(5,19(2,3)4)17-12-7-6-8-13-17/h6-14H,15H2,1-5H3/t20-/m1/s1. The van der Waals surface area contributed by atoms with Gasteiger partial charge in [0.25, 0.3) is 0 Å². The fraction of sp³-hybridized carbons (Fsp3) is 0.400. The molecule has 0 radical (unpaired) electrons. The van der Waals surface area contributed by atoms with Crippen LogP contribution in [0.4, 0.5) is 0 Å². The minimum atomic E-state index is 0.140. The lowest BCUT2D eigenvalue weighted by Gasteiger charge is -2.42. The van der Waals surface area contributed by atoms with Crippen molar-refractivity contribution in [3.63, 3.8) is 0 Å². The molecule has 0 unspecified atom stereocenters. The Bertz CT molecular complexity index is 580. The quantitative estimate of drug-likeness (QED) is 0.615. The van der Waals surface area contributed by atoms with Gasteiger partial charge in [-0.15, -0.1) is 11.8 Å². The molecule has 0 saturated carbocycles. The molecular formula is C20H26S. The fourth-order valence-corrected chi connectivity index (χ4v) is 3.99. The van der Waals surface area contributed by atoms with E-state index in [-0.39, 0.29) is 10.8 Å². The SMILES string of the molecule is Cc1ccccc1SC[C@](C)(c1ccccc1)C(C)(C)C. The first-order valence-corrected chi connectivity index (χ1v) is 8.57. The number of thioether (sulfide) groups is 1. The zero-order chi connectivity index (χ0) is 15.5. The molecule has 0 aliphatic rings. The number of hydrogen-bond donors (Lipinski definition) is 0. The van der Waals surface area contributed by atoms with Gasteiger partial charge in [-0.1, -0.05) is 76.2 Å². The van der Waals surface area contributed by atoms with E-state index >= 15 is 0 Å². The van der Waals surface area contributed by atoms with Gasteiger partial charge in [0.2, 0.25) is 0 Å². The van der Waals surface area contributed by atoms with Crippen molar-refractivity contribution in [2.24, 2.45) is 5.41 Å². The van der Waals surface area contributed by atoms with Gasteiger partial charge in [-0.2, -0.15) is 0 Å². The number of aryl methyl sites for hydroxylation is 1. The van der Waals surface area contributed by atoms with Gasteiger partial charge in [-0.25, -0.2) is 0 Å². The molecule has 0 heterocycles. The highest BCUT2D eigenvalue weighted by Crippen LogP contribution is 2.45. The molecule has 21 heavy (non-hydrogen) atoms. The van der Waals surface area contributed by atoms with Crippen LogP contribution in [0.2, 0.25) is 0 Å². The Balaban J connectivity index is 2.29. The van der Waals surface area contributed by atoms with Crippen molar-refractivity contribution in [1.29, 1.82) is 0 Å². The van der Waals surface area contributed by atoms with Crippen LogP contribution in [0.1, 0.15) is 38.8 Å². The molecule has 0 aromatic heterocycles. The highest BCUT2D eigenvalue weighted by Gasteiger charge is 2.38. The molecule has 2 rings (SSSR count). The van der Waals surface area contributed by atoms with Crippen LogP contribution >= 0.6 is 11.8 Å². The predicted molar refractivity (Wildman–Crippen MR) is 95.2 cm³/mol. The lowest BCUT2D eigenvalue weighted by molar-refractivity contribution is 0.231. The third-order valence-corrected chi connectivity index (χ3v) is 6.17. The monoisotopic (exact) mass is 298 g/mol. The third kappa shape index (κ3) is 3.52. The maximum absolute atomic E-state index is 2.40. The molecule has 0 bridgehead atoms. The van der Waals surface area contributed by atoms with Crippen molar-refractivity contribution in [2.45, 2.75) is 44.9 Å². The summed E-state index contributed by atoms with van der Waals surface area (Å²) in [5, 5.41) is 0. The second-order valence-electron chi connectivity index (χ2n) is 7.00. The van der Waals surface area contributed by atoms with Gasteiger partial charge >= 0.3 is 0 Å². The van der Waals surface area contributed by atoms with Gasteiger partial charge in [0.15, 0.2) is 0 Å². The Hall–Kier alpha value is -1.21. The minimum Gasteiger partial charge on any atom is -0.125 e. The normalized spacial score (nSPS) is 14.7. The molecule has 1 atom stereocenters. The lowest BCUT2D eigenvalue weighted by Crippen LogP contribution is -2.39. The summed E-state index contributed by atoms with van der Waals surface area (Å²) >= 11 is 1.98. The first-order valence-electron chi connectivity index (χ1n) is 7.58. The zero-order valence-corrected chi connectivity index (χ0v) is 14.6. The molecule has 0 amide bonds. The van der Waals surface area contributed by atoms with Gasteiger partial charge in [-0.3, -0.25) is 0 Å². The Morgan fingerprint density at radius 2 is 1.38 bits per heavy atom. The molecule has 0 nitrogen and oxygen atoms in total. The number of hydrogen-bond acceptors (Lipinski definition) is 1. The van der Waals surface area contributed by atoms with Crippen molar-refractivity contribution >= 4 is 11.8 Å². The van der Waals surface area contributed by atoms with Gasteiger partial charge in [0.05, 0.1) is 0 Å². The van der Waals surface area contributed by atoms with Gasteiger partial charge in [0.1, 0.15) is 0 Å². The molecule has 1 heteroatoms. The first kappa shape index (κ1) is 16.2. The minimum absolute atomic E-state index is 0.140. The van der Waals surface area contributed by atoms with E-state index in [0.717, 1.165) is 5.75 Å². The second-order valence-corrected chi connectivity index (χ2v) is 8.02. The van der Waals surface area contributed by atoms with Gasteiger partial charge in [0, 0.05) is 16.1 Å². The van der Waals surface area contributed by atoms with Crippen molar-refractivity contribution in [3.8, 4) is 0 Å². The van der Waals surface area contributed by atoms with E-state index in [1.807, 2.05) is 11.8 Å². The molecule has 0 saturated heterocycles. The largest absolute Gasteiger partial charge is 0.125 e. The summed E-state index contributed by atoms with van der Waals surface area (Å²) in [6, 6.07) is 19.6. The van der Waals surface area contributed by atoms with Crippen LogP contribution in [0.5, 0.6) is 0 Å². The van der Waals surface area contributed by atoms with E-state index in [2.05, 4.69) is 89.2 Å². The lowest BCUT2D eigenvalue weighted by atomic mass is 9.65. The zero-order valence-electron chi connectivity index (χ0n) is 13.8. The Kier molecular flexibility index (Phi) is 4.83. The predicted octanol–water partition coefficient (Wildman–Crippen LogP) is 6.09. The summed E-state index contributed by atoms with van der Waals surface area (Å²) in [5.41, 5.74) is 3.15. The average molecular weight is 298 g/mol. The van der Waals surface area contributed by atoms with Crippen LogP contribution in [-0.4, -0.2) is 5.75 Å². The van der Waals surface area contributed by atoms with Gasteiger partial charge in [-0.05, 0) is 29.5 Å². The van der Waals surface area contributed by atoms with Crippen LogP contribution in [0.3, 0.4) is 0 Å². The molecule has 2 aromatic rings. The topological polar surface area (TPSA) is 0 Å². The van der Waals surface area contributed by atoms with E-state index in [4.69, 9.17) is 0 Å². The average Bonchev–Trinajstić information content (AvgIpc) is 2.46. The number of rotatable bonds is 4. The summed E-state index contributed by atoms with van der Waals surface area (Å²) in [6.45, 7) is 11.6. The van der Waals surface area contributed by atoms with Crippen LogP contribution in [0.15, 0.2) is 59.5 Å². The van der Waals surface area contributed by atoms with E-state index in [1.165, 1.54) is 16.0 Å². The van der Waals surface area contributed by atoms with Crippen LogP contribution in [0.25, 0.3) is 0 Å². The summed E-state index contributed by atoms with van der Waals surface area (Å²) in [4.78, 5) is 1.39. The molecule has 0 N–H and O–H groups in total. The number of benzene rings is 2. The maximum atomic E-state index is 2.40. The van der Waals surface area contributed by atoms with E-state index in [1.54, 1.807) is 0 Å². The summed E-state index contributed by atoms with van der Waals surface area (Å²) in [7, 11) is 0. The van der Waals surface area contributed by atoms with E-state index in [0.29, 0.717) is 0 Å². The molecular weight excluding hydrogens is 272 g/mol. The van der Waals surface area contributed by atoms with Crippen molar-refractivity contribution in [1.82, 2.24) is 0 Å². The summed E-state index contributed by atoms with van der Waals surface area (Å²) < 4.78 is 0. The summed E-state index contributed by atoms with van der Waals surface area (Å²) in [5.74, 6) is 1.09. The van der Waals surface area contributed by atoms with E-state index in [9.17, 15) is 0 Å². The van der Waals surface area contributed by atoms with Crippen molar-refractivity contribution < 1.29 is 0 Å². The molecule has 0 fully saturated rings.